The molecule has 0 aromatic carbocycles. The van der Waals surface area contributed by atoms with Crippen LogP contribution >= 0.6 is 0 Å². The van der Waals surface area contributed by atoms with Crippen molar-refractivity contribution in [2.24, 2.45) is 0 Å². The Morgan fingerprint density at radius 2 is 1.27 bits per heavy atom. The molecule has 0 aromatic heterocycles. The lowest BCUT2D eigenvalue weighted by atomic mass is 9.99. The Bertz CT molecular complexity index is 801. The van der Waals surface area contributed by atoms with E-state index in [9.17, 15) is 20.1 Å². The van der Waals surface area contributed by atoms with Gasteiger partial charge >= 0.3 is 5.97 Å². The van der Waals surface area contributed by atoms with E-state index in [-0.39, 0.29) is 48.7 Å². The predicted molar refractivity (Wildman–Crippen MR) is 175 cm³/mol. The van der Waals surface area contributed by atoms with Crippen LogP contribution in [0.5, 0.6) is 0 Å². The highest BCUT2D eigenvalue weighted by molar-refractivity contribution is 5.90. The molecule has 256 valence electrons. The molecule has 7 nitrogen and oxygen atoms in total. The highest BCUT2D eigenvalue weighted by atomic mass is 16.6. The summed E-state index contributed by atoms with van der Waals surface area (Å²) in [7, 11) is 0. The molecular weight excluding hydrogens is 556 g/mol. The van der Waals surface area contributed by atoms with Crippen LogP contribution in [0.15, 0.2) is 11.6 Å². The molecule has 0 aliphatic carbocycles. The van der Waals surface area contributed by atoms with Crippen molar-refractivity contribution in [2.45, 2.75) is 217 Å². The first-order valence-electron chi connectivity index (χ1n) is 18.6. The topological polar surface area (TPSA) is 105 Å². The van der Waals surface area contributed by atoms with Gasteiger partial charge in [-0.1, -0.05) is 84.0 Å². The van der Waals surface area contributed by atoms with E-state index in [4.69, 9.17) is 14.2 Å². The van der Waals surface area contributed by atoms with Gasteiger partial charge in [0.25, 0.3) is 0 Å². The SMILES string of the molecule is CCCCCCCCCC[C@H](O)CCCC[C@@H](O)[C@H]1CC[C@@H]([C@@H]2CC[C@@H](CCCC[C@@H](O)CCCC3=C[C@H](C)OC3=O)O2)O1. The van der Waals surface area contributed by atoms with E-state index in [1.807, 2.05) is 13.0 Å². The van der Waals surface area contributed by atoms with Crippen molar-refractivity contribution in [2.75, 3.05) is 0 Å². The van der Waals surface area contributed by atoms with E-state index in [1.54, 1.807) is 0 Å². The maximum atomic E-state index is 11.7. The summed E-state index contributed by atoms with van der Waals surface area (Å²) in [5, 5.41) is 31.4. The molecule has 0 radical (unpaired) electrons. The average Bonchev–Trinajstić information content (AvgIpc) is 3.75. The molecule has 7 heteroatoms. The molecule has 0 amide bonds. The van der Waals surface area contributed by atoms with Crippen molar-refractivity contribution in [3.8, 4) is 0 Å². The lowest BCUT2D eigenvalue weighted by Gasteiger charge is -2.23. The van der Waals surface area contributed by atoms with Gasteiger partial charge in [0.1, 0.15) is 6.10 Å². The molecule has 0 bridgehead atoms. The summed E-state index contributed by atoms with van der Waals surface area (Å²) < 4.78 is 17.8. The number of cyclic esters (lactones) is 1. The summed E-state index contributed by atoms with van der Waals surface area (Å²) in [5.41, 5.74) is 0.750. The van der Waals surface area contributed by atoms with Crippen LogP contribution in [0.2, 0.25) is 0 Å². The van der Waals surface area contributed by atoms with Crippen molar-refractivity contribution in [1.29, 1.82) is 0 Å². The van der Waals surface area contributed by atoms with E-state index >= 15 is 0 Å². The van der Waals surface area contributed by atoms with E-state index in [1.165, 1.54) is 44.9 Å². The van der Waals surface area contributed by atoms with Crippen LogP contribution < -0.4 is 0 Å². The van der Waals surface area contributed by atoms with Gasteiger partial charge in [0, 0.05) is 5.57 Å². The Labute approximate surface area is 268 Å². The standard InChI is InChI=1S/C37H66O7/c1-3-4-5-6-7-8-9-10-17-30(38)19-12-14-22-33(40)34-25-26-36(44-34)35-24-23-32(43-35)21-13-11-18-31(39)20-15-16-29-27-28(2)42-37(29)41/h27-28,30-36,38-40H,3-26H2,1-2H3/t28-,30-,31+,32+,33+,34+,35-,36-/m0/s1. The molecular formula is C37H66O7. The molecule has 0 spiro atoms. The van der Waals surface area contributed by atoms with Crippen LogP contribution in [0, 0.1) is 0 Å². The minimum absolute atomic E-state index is 0.0881. The number of unbranched alkanes of at least 4 members (excludes halogenated alkanes) is 9. The van der Waals surface area contributed by atoms with Crippen LogP contribution in [0.4, 0.5) is 0 Å². The third kappa shape index (κ3) is 14.6. The van der Waals surface area contributed by atoms with Crippen LogP contribution in [0.1, 0.15) is 168 Å². The van der Waals surface area contributed by atoms with Gasteiger partial charge in [-0.2, -0.15) is 0 Å². The van der Waals surface area contributed by atoms with Crippen LogP contribution in [0.3, 0.4) is 0 Å². The number of rotatable bonds is 25. The molecule has 0 saturated carbocycles. The fourth-order valence-corrected chi connectivity index (χ4v) is 7.28. The average molecular weight is 623 g/mol. The normalized spacial score (nSPS) is 27.4. The fourth-order valence-electron chi connectivity index (χ4n) is 7.28. The molecule has 2 saturated heterocycles. The summed E-state index contributed by atoms with van der Waals surface area (Å²) >= 11 is 0. The van der Waals surface area contributed by atoms with Gasteiger partial charge < -0.3 is 29.5 Å². The number of aliphatic hydroxyl groups is 3. The fraction of sp³-hybridized carbons (Fsp3) is 0.919. The molecule has 2 fully saturated rings. The number of carbonyl (C=O) groups excluding carboxylic acids is 1. The van der Waals surface area contributed by atoms with Crippen molar-refractivity contribution >= 4 is 5.97 Å². The highest BCUT2D eigenvalue weighted by Gasteiger charge is 2.39. The van der Waals surface area contributed by atoms with E-state index in [0.717, 1.165) is 102 Å². The minimum atomic E-state index is -0.430. The summed E-state index contributed by atoms with van der Waals surface area (Å²) in [6.45, 7) is 4.12. The third-order valence-electron chi connectivity index (χ3n) is 10.0. The van der Waals surface area contributed by atoms with Crippen LogP contribution in [-0.2, 0) is 19.0 Å². The van der Waals surface area contributed by atoms with Crippen LogP contribution in [-0.4, -0.2) is 70.1 Å². The summed E-state index contributed by atoms with van der Waals surface area (Å²) in [6.07, 6.45) is 25.9. The second-order valence-corrected chi connectivity index (χ2v) is 14.1. The largest absolute Gasteiger partial charge is 0.455 e. The van der Waals surface area contributed by atoms with Gasteiger partial charge in [0.2, 0.25) is 0 Å². The molecule has 0 unspecified atom stereocenters. The van der Waals surface area contributed by atoms with Gasteiger partial charge in [0.15, 0.2) is 0 Å². The van der Waals surface area contributed by atoms with Gasteiger partial charge in [-0.3, -0.25) is 0 Å². The second kappa shape index (κ2) is 21.7. The Morgan fingerprint density at radius 1 is 0.705 bits per heavy atom. The van der Waals surface area contributed by atoms with Gasteiger partial charge in [-0.05, 0) is 90.0 Å². The maximum absolute atomic E-state index is 11.7. The van der Waals surface area contributed by atoms with Gasteiger partial charge in [0.05, 0.1) is 42.7 Å². The number of carbonyl (C=O) groups is 1. The highest BCUT2D eigenvalue weighted by Crippen LogP contribution is 2.34. The summed E-state index contributed by atoms with van der Waals surface area (Å²) in [6, 6.07) is 0. The number of hydrogen-bond acceptors (Lipinski definition) is 7. The van der Waals surface area contributed by atoms with Crippen LogP contribution in [0.25, 0.3) is 0 Å². The lowest BCUT2D eigenvalue weighted by molar-refractivity contribution is -0.139. The van der Waals surface area contributed by atoms with E-state index in [0.29, 0.717) is 12.8 Å². The zero-order valence-corrected chi connectivity index (χ0v) is 28.1. The smallest absolute Gasteiger partial charge is 0.334 e. The molecule has 44 heavy (non-hydrogen) atoms. The molecule has 3 aliphatic heterocycles. The van der Waals surface area contributed by atoms with Crippen molar-refractivity contribution in [3.05, 3.63) is 11.6 Å². The molecule has 3 rings (SSSR count). The van der Waals surface area contributed by atoms with Gasteiger partial charge in [-0.15, -0.1) is 0 Å². The third-order valence-corrected chi connectivity index (χ3v) is 10.0. The van der Waals surface area contributed by atoms with Gasteiger partial charge in [-0.25, -0.2) is 4.79 Å². The monoisotopic (exact) mass is 622 g/mol. The Balaban J connectivity index is 1.15. The molecule has 0 aromatic rings. The lowest BCUT2D eigenvalue weighted by Crippen LogP contribution is -2.31. The van der Waals surface area contributed by atoms with Crippen molar-refractivity contribution in [1.82, 2.24) is 0 Å². The maximum Gasteiger partial charge on any atom is 0.334 e. The van der Waals surface area contributed by atoms with Crippen molar-refractivity contribution < 1.29 is 34.3 Å². The number of esters is 1. The Morgan fingerprint density at radius 3 is 1.95 bits per heavy atom. The zero-order valence-electron chi connectivity index (χ0n) is 28.1. The first-order valence-corrected chi connectivity index (χ1v) is 18.6. The Hall–Kier alpha value is -0.990. The first kappa shape index (κ1) is 37.5. The van der Waals surface area contributed by atoms with Crippen molar-refractivity contribution in [3.63, 3.8) is 0 Å². The zero-order chi connectivity index (χ0) is 31.6. The van der Waals surface area contributed by atoms with E-state index in [2.05, 4.69) is 6.92 Å². The second-order valence-electron chi connectivity index (χ2n) is 14.1. The molecule has 3 aliphatic rings. The summed E-state index contributed by atoms with van der Waals surface area (Å²) in [4.78, 5) is 11.7. The predicted octanol–water partition coefficient (Wildman–Crippen LogP) is 7.86. The molecule has 8 atom stereocenters. The quantitative estimate of drug-likeness (QED) is 0.0703. The molecule has 3 N–H and O–H groups in total. The number of ether oxygens (including phenoxy) is 3. The molecule has 3 heterocycles. The number of hydrogen-bond donors (Lipinski definition) is 3. The number of aliphatic hydroxyl groups excluding tert-OH is 3. The minimum Gasteiger partial charge on any atom is -0.455 e. The Kier molecular flexibility index (Phi) is 18.5. The first-order chi connectivity index (χ1) is 21.4. The summed E-state index contributed by atoms with van der Waals surface area (Å²) in [5.74, 6) is -0.205. The van der Waals surface area contributed by atoms with E-state index < -0.39 is 6.10 Å².